The first kappa shape index (κ1) is 14.8. The molecule has 4 nitrogen and oxygen atoms in total. The van der Waals surface area contributed by atoms with Crippen molar-refractivity contribution in [1.29, 1.82) is 5.26 Å². The number of ether oxygens (including phenoxy) is 1. The molecule has 1 N–H and O–H groups in total. The van der Waals surface area contributed by atoms with Crippen LogP contribution in [0.3, 0.4) is 0 Å². The number of unbranched alkanes of at least 4 members (excludes halogenated alkanes) is 1. The van der Waals surface area contributed by atoms with Gasteiger partial charge in [-0.1, -0.05) is 6.58 Å². The van der Waals surface area contributed by atoms with Crippen molar-refractivity contribution in [2.24, 2.45) is 0 Å². The Kier molecular flexibility index (Phi) is 6.17. The first-order chi connectivity index (χ1) is 9.13. The number of rotatable bonds is 7. The van der Waals surface area contributed by atoms with E-state index in [-0.39, 0.29) is 5.97 Å². The molecule has 0 amide bonds. The molecule has 1 aromatic carbocycles. The quantitative estimate of drug-likeness (QED) is 0.464. The van der Waals surface area contributed by atoms with Crippen LogP contribution >= 0.6 is 0 Å². The van der Waals surface area contributed by atoms with E-state index in [9.17, 15) is 4.79 Å². The van der Waals surface area contributed by atoms with Gasteiger partial charge < -0.3 is 10.1 Å². The Hall–Kier alpha value is -2.28. The third kappa shape index (κ3) is 5.73. The molecule has 0 saturated carbocycles. The van der Waals surface area contributed by atoms with Crippen LogP contribution in [0.1, 0.15) is 25.3 Å². The highest BCUT2D eigenvalue weighted by molar-refractivity contribution is 5.86. The fraction of sp³-hybridized carbons (Fsp3) is 0.333. The van der Waals surface area contributed by atoms with Gasteiger partial charge in [-0.3, -0.25) is 0 Å². The van der Waals surface area contributed by atoms with Crippen LogP contribution in [0.4, 0.5) is 5.69 Å². The first-order valence-electron chi connectivity index (χ1n) is 6.20. The van der Waals surface area contributed by atoms with Crippen molar-refractivity contribution in [2.45, 2.75) is 19.8 Å². The van der Waals surface area contributed by atoms with Crippen LogP contribution in [-0.4, -0.2) is 19.1 Å². The van der Waals surface area contributed by atoms with Gasteiger partial charge in [0.1, 0.15) is 0 Å². The number of nitriles is 1. The van der Waals surface area contributed by atoms with Gasteiger partial charge in [0.25, 0.3) is 0 Å². The number of benzene rings is 1. The van der Waals surface area contributed by atoms with Crippen molar-refractivity contribution < 1.29 is 9.53 Å². The molecule has 0 atom stereocenters. The number of hydrogen-bond acceptors (Lipinski definition) is 4. The van der Waals surface area contributed by atoms with Crippen LogP contribution in [0.15, 0.2) is 36.4 Å². The first-order valence-corrected chi connectivity index (χ1v) is 6.20. The van der Waals surface area contributed by atoms with E-state index in [1.165, 1.54) is 0 Å². The lowest BCUT2D eigenvalue weighted by molar-refractivity contribution is -0.139. The lowest BCUT2D eigenvalue weighted by Gasteiger charge is -2.07. The van der Waals surface area contributed by atoms with Gasteiger partial charge in [0.05, 0.1) is 18.2 Å². The molecule has 0 aliphatic carbocycles. The van der Waals surface area contributed by atoms with E-state index in [0.29, 0.717) is 17.7 Å². The molecule has 4 heteroatoms. The van der Waals surface area contributed by atoms with Gasteiger partial charge in [-0.2, -0.15) is 5.26 Å². The van der Waals surface area contributed by atoms with Crippen LogP contribution in [0.2, 0.25) is 0 Å². The van der Waals surface area contributed by atoms with E-state index in [0.717, 1.165) is 25.1 Å². The molecule has 0 fully saturated rings. The smallest absolute Gasteiger partial charge is 0.333 e. The van der Waals surface area contributed by atoms with E-state index in [1.54, 1.807) is 19.1 Å². The van der Waals surface area contributed by atoms with E-state index in [1.807, 2.05) is 12.1 Å². The minimum atomic E-state index is -0.333. The van der Waals surface area contributed by atoms with Crippen molar-refractivity contribution in [2.75, 3.05) is 18.5 Å². The zero-order valence-electron chi connectivity index (χ0n) is 11.1. The summed E-state index contributed by atoms with van der Waals surface area (Å²) in [6, 6.07) is 9.37. The third-order valence-electron chi connectivity index (χ3n) is 2.50. The van der Waals surface area contributed by atoms with Crippen LogP contribution < -0.4 is 5.32 Å². The number of anilines is 1. The highest BCUT2D eigenvalue weighted by atomic mass is 16.5. The predicted octanol–water partition coefficient (Wildman–Crippen LogP) is 2.87. The minimum Gasteiger partial charge on any atom is -0.462 e. The van der Waals surface area contributed by atoms with Crippen molar-refractivity contribution >= 4 is 11.7 Å². The summed E-state index contributed by atoms with van der Waals surface area (Å²) in [5, 5.41) is 11.9. The fourth-order valence-electron chi connectivity index (χ4n) is 1.41. The van der Waals surface area contributed by atoms with E-state index >= 15 is 0 Å². The van der Waals surface area contributed by atoms with Crippen molar-refractivity contribution in [3.63, 3.8) is 0 Å². The lowest BCUT2D eigenvalue weighted by atomic mass is 10.2. The van der Waals surface area contributed by atoms with Gasteiger partial charge >= 0.3 is 5.97 Å². The Morgan fingerprint density at radius 2 is 2.05 bits per heavy atom. The molecule has 0 aromatic heterocycles. The summed E-state index contributed by atoms with van der Waals surface area (Å²) >= 11 is 0. The maximum absolute atomic E-state index is 11.1. The average Bonchev–Trinajstić information content (AvgIpc) is 2.42. The monoisotopic (exact) mass is 258 g/mol. The highest BCUT2D eigenvalue weighted by Crippen LogP contribution is 2.08. The molecular formula is C15H18N2O2. The molecule has 0 unspecified atom stereocenters. The Bertz CT molecular complexity index is 472. The molecule has 0 spiro atoms. The summed E-state index contributed by atoms with van der Waals surface area (Å²) in [6.07, 6.45) is 1.71. The number of esters is 1. The molecule has 0 heterocycles. The second-order valence-corrected chi connectivity index (χ2v) is 4.24. The molecule has 0 saturated heterocycles. The maximum Gasteiger partial charge on any atom is 0.333 e. The SMILES string of the molecule is C=C(C)C(=O)OCCCCNc1ccc(C#N)cc1. The zero-order chi connectivity index (χ0) is 14.1. The zero-order valence-corrected chi connectivity index (χ0v) is 11.1. The van der Waals surface area contributed by atoms with Crippen LogP contribution in [0, 0.1) is 11.3 Å². The molecular weight excluding hydrogens is 240 g/mol. The standard InChI is InChI=1S/C15H18N2O2/c1-12(2)15(18)19-10-4-3-9-17-14-7-5-13(11-16)6-8-14/h5-8,17H,1,3-4,9-10H2,2H3. The summed E-state index contributed by atoms with van der Waals surface area (Å²) in [5.41, 5.74) is 2.06. The topological polar surface area (TPSA) is 62.1 Å². The van der Waals surface area contributed by atoms with E-state index in [2.05, 4.69) is 18.0 Å². The molecule has 1 rings (SSSR count). The van der Waals surface area contributed by atoms with Crippen LogP contribution in [0.5, 0.6) is 0 Å². The predicted molar refractivity (Wildman–Crippen MR) is 74.7 cm³/mol. The number of nitrogens with zero attached hydrogens (tertiary/aromatic N) is 1. The summed E-state index contributed by atoms with van der Waals surface area (Å²) in [7, 11) is 0. The summed E-state index contributed by atoms with van der Waals surface area (Å²) in [4.78, 5) is 11.1. The van der Waals surface area contributed by atoms with E-state index in [4.69, 9.17) is 10.00 Å². The van der Waals surface area contributed by atoms with Crippen molar-refractivity contribution in [3.05, 3.63) is 42.0 Å². The average molecular weight is 258 g/mol. The van der Waals surface area contributed by atoms with Crippen LogP contribution in [-0.2, 0) is 9.53 Å². The van der Waals surface area contributed by atoms with Crippen LogP contribution in [0.25, 0.3) is 0 Å². The van der Waals surface area contributed by atoms with Gasteiger partial charge in [0, 0.05) is 17.8 Å². The Labute approximate surface area is 113 Å². The molecule has 19 heavy (non-hydrogen) atoms. The third-order valence-corrected chi connectivity index (χ3v) is 2.50. The molecule has 0 bridgehead atoms. The van der Waals surface area contributed by atoms with Crippen molar-refractivity contribution in [3.8, 4) is 6.07 Å². The molecule has 0 radical (unpaired) electrons. The number of nitrogens with one attached hydrogen (secondary N) is 1. The van der Waals surface area contributed by atoms with Gasteiger partial charge in [-0.15, -0.1) is 0 Å². The molecule has 0 aliphatic heterocycles. The largest absolute Gasteiger partial charge is 0.462 e. The summed E-state index contributed by atoms with van der Waals surface area (Å²) < 4.78 is 4.98. The Morgan fingerprint density at radius 1 is 1.37 bits per heavy atom. The second kappa shape index (κ2) is 7.93. The number of hydrogen-bond donors (Lipinski definition) is 1. The van der Waals surface area contributed by atoms with Gasteiger partial charge in [-0.05, 0) is 44.0 Å². The minimum absolute atomic E-state index is 0.333. The van der Waals surface area contributed by atoms with E-state index < -0.39 is 0 Å². The molecule has 0 aliphatic rings. The maximum atomic E-state index is 11.1. The van der Waals surface area contributed by atoms with Gasteiger partial charge in [-0.25, -0.2) is 4.79 Å². The number of carbonyl (C=O) groups is 1. The lowest BCUT2D eigenvalue weighted by Crippen LogP contribution is -2.08. The fourth-order valence-corrected chi connectivity index (χ4v) is 1.41. The number of carbonyl (C=O) groups excluding carboxylic acids is 1. The van der Waals surface area contributed by atoms with Crippen molar-refractivity contribution in [1.82, 2.24) is 0 Å². The van der Waals surface area contributed by atoms with Gasteiger partial charge in [0.2, 0.25) is 0 Å². The Balaban J connectivity index is 2.12. The van der Waals surface area contributed by atoms with Gasteiger partial charge in [0.15, 0.2) is 0 Å². The normalized spacial score (nSPS) is 9.47. The highest BCUT2D eigenvalue weighted by Gasteiger charge is 2.01. The molecule has 1 aromatic rings. The summed E-state index contributed by atoms with van der Waals surface area (Å²) in [6.45, 7) is 6.37. The summed E-state index contributed by atoms with van der Waals surface area (Å²) in [5.74, 6) is -0.333. The second-order valence-electron chi connectivity index (χ2n) is 4.24. The Morgan fingerprint density at radius 3 is 2.63 bits per heavy atom. The molecule has 100 valence electrons.